The van der Waals surface area contributed by atoms with E-state index in [1.54, 1.807) is 7.11 Å². The van der Waals surface area contributed by atoms with Crippen LogP contribution < -0.4 is 10.1 Å². The number of rotatable bonds is 4. The van der Waals surface area contributed by atoms with Gasteiger partial charge in [0.2, 0.25) is 5.91 Å². The minimum absolute atomic E-state index is 0.131. The Labute approximate surface area is 109 Å². The van der Waals surface area contributed by atoms with Crippen molar-refractivity contribution in [1.29, 1.82) is 0 Å². The van der Waals surface area contributed by atoms with Crippen molar-refractivity contribution < 1.29 is 9.53 Å². The van der Waals surface area contributed by atoms with E-state index in [-0.39, 0.29) is 5.91 Å². The van der Waals surface area contributed by atoms with Gasteiger partial charge in [-0.05, 0) is 37.0 Å². The quantitative estimate of drug-likeness (QED) is 0.888. The number of hydrogen-bond donors (Lipinski definition) is 1. The van der Waals surface area contributed by atoms with Gasteiger partial charge in [-0.1, -0.05) is 25.0 Å². The summed E-state index contributed by atoms with van der Waals surface area (Å²) in [5, 5.41) is 3.11. The molecular weight excluding hydrogens is 226 g/mol. The highest BCUT2D eigenvalue weighted by Gasteiger charge is 2.17. The van der Waals surface area contributed by atoms with Crippen molar-refractivity contribution in [2.45, 2.75) is 45.1 Å². The lowest BCUT2D eigenvalue weighted by atomic mass is 10.1. The SMILES string of the molecule is COc1ccc(CC(=O)NC2CCCC2)cc1C. The summed E-state index contributed by atoms with van der Waals surface area (Å²) >= 11 is 0. The predicted octanol–water partition coefficient (Wildman–Crippen LogP) is 2.60. The van der Waals surface area contributed by atoms with Gasteiger partial charge in [-0.3, -0.25) is 4.79 Å². The first kappa shape index (κ1) is 12.9. The highest BCUT2D eigenvalue weighted by atomic mass is 16.5. The maximum Gasteiger partial charge on any atom is 0.224 e. The van der Waals surface area contributed by atoms with Crippen molar-refractivity contribution in [1.82, 2.24) is 5.32 Å². The minimum Gasteiger partial charge on any atom is -0.496 e. The molecule has 1 amide bonds. The van der Waals surface area contributed by atoms with Crippen molar-refractivity contribution in [2.75, 3.05) is 7.11 Å². The summed E-state index contributed by atoms with van der Waals surface area (Å²) in [4.78, 5) is 11.9. The molecular formula is C15H21NO2. The zero-order valence-electron chi connectivity index (χ0n) is 11.2. The molecule has 0 heterocycles. The van der Waals surface area contributed by atoms with Gasteiger partial charge in [-0.2, -0.15) is 0 Å². The number of methoxy groups -OCH3 is 1. The number of carbonyl (C=O) groups excluding carboxylic acids is 1. The second-order valence-corrected chi connectivity index (χ2v) is 5.03. The zero-order chi connectivity index (χ0) is 13.0. The average molecular weight is 247 g/mol. The molecule has 1 aromatic rings. The van der Waals surface area contributed by atoms with Gasteiger partial charge in [-0.15, -0.1) is 0 Å². The molecule has 0 bridgehead atoms. The van der Waals surface area contributed by atoms with E-state index in [9.17, 15) is 4.79 Å². The zero-order valence-corrected chi connectivity index (χ0v) is 11.2. The van der Waals surface area contributed by atoms with Gasteiger partial charge in [0.15, 0.2) is 0 Å². The molecule has 0 atom stereocenters. The Balaban J connectivity index is 1.92. The van der Waals surface area contributed by atoms with Crippen LogP contribution in [0.5, 0.6) is 5.75 Å². The van der Waals surface area contributed by atoms with Crippen LogP contribution in [0.3, 0.4) is 0 Å². The second kappa shape index (κ2) is 5.89. The Morgan fingerprint density at radius 2 is 2.11 bits per heavy atom. The number of carbonyl (C=O) groups is 1. The van der Waals surface area contributed by atoms with Crippen LogP contribution in [-0.4, -0.2) is 19.1 Å². The van der Waals surface area contributed by atoms with Crippen molar-refractivity contribution in [3.8, 4) is 5.75 Å². The van der Waals surface area contributed by atoms with Crippen LogP contribution in [0.2, 0.25) is 0 Å². The van der Waals surface area contributed by atoms with Gasteiger partial charge in [0.25, 0.3) is 0 Å². The Bertz CT molecular complexity index is 423. The van der Waals surface area contributed by atoms with Gasteiger partial charge in [0, 0.05) is 6.04 Å². The first-order valence-electron chi connectivity index (χ1n) is 6.62. The molecule has 0 aromatic heterocycles. The number of nitrogens with one attached hydrogen (secondary N) is 1. The molecule has 0 unspecified atom stereocenters. The Hall–Kier alpha value is -1.51. The summed E-state index contributed by atoms with van der Waals surface area (Å²) in [7, 11) is 1.66. The van der Waals surface area contributed by atoms with Gasteiger partial charge in [0.05, 0.1) is 13.5 Å². The molecule has 1 fully saturated rings. The van der Waals surface area contributed by atoms with E-state index in [0.29, 0.717) is 12.5 Å². The number of ether oxygens (including phenoxy) is 1. The maximum atomic E-state index is 11.9. The molecule has 3 nitrogen and oxygen atoms in total. The van der Waals surface area contributed by atoms with E-state index < -0.39 is 0 Å². The fraction of sp³-hybridized carbons (Fsp3) is 0.533. The normalized spacial score (nSPS) is 15.7. The van der Waals surface area contributed by atoms with Crippen molar-refractivity contribution in [3.05, 3.63) is 29.3 Å². The van der Waals surface area contributed by atoms with Crippen LogP contribution in [0.4, 0.5) is 0 Å². The third kappa shape index (κ3) is 3.25. The van der Waals surface area contributed by atoms with Gasteiger partial charge in [-0.25, -0.2) is 0 Å². The molecule has 1 saturated carbocycles. The standard InChI is InChI=1S/C15H21NO2/c1-11-9-12(7-8-14(11)18-2)10-15(17)16-13-5-3-4-6-13/h7-9,13H,3-6,10H2,1-2H3,(H,16,17). The van der Waals surface area contributed by atoms with Crippen LogP contribution in [0, 0.1) is 6.92 Å². The third-order valence-electron chi connectivity index (χ3n) is 3.54. The molecule has 0 aliphatic heterocycles. The Morgan fingerprint density at radius 3 is 2.72 bits per heavy atom. The van der Waals surface area contributed by atoms with Crippen molar-refractivity contribution >= 4 is 5.91 Å². The highest BCUT2D eigenvalue weighted by Crippen LogP contribution is 2.20. The Morgan fingerprint density at radius 1 is 1.39 bits per heavy atom. The first-order chi connectivity index (χ1) is 8.69. The summed E-state index contributed by atoms with van der Waals surface area (Å²) in [5.74, 6) is 1.00. The summed E-state index contributed by atoms with van der Waals surface area (Å²) < 4.78 is 5.21. The highest BCUT2D eigenvalue weighted by molar-refractivity contribution is 5.79. The van der Waals surface area contributed by atoms with E-state index in [1.807, 2.05) is 25.1 Å². The lowest BCUT2D eigenvalue weighted by Gasteiger charge is -2.12. The predicted molar refractivity (Wildman–Crippen MR) is 71.8 cm³/mol. The lowest BCUT2D eigenvalue weighted by Crippen LogP contribution is -2.33. The van der Waals surface area contributed by atoms with Gasteiger partial charge >= 0.3 is 0 Å². The van der Waals surface area contributed by atoms with E-state index >= 15 is 0 Å². The molecule has 0 saturated heterocycles. The number of aryl methyl sites for hydroxylation is 1. The van der Waals surface area contributed by atoms with E-state index in [1.165, 1.54) is 12.8 Å². The van der Waals surface area contributed by atoms with E-state index in [2.05, 4.69) is 5.32 Å². The van der Waals surface area contributed by atoms with Crippen LogP contribution in [0.25, 0.3) is 0 Å². The van der Waals surface area contributed by atoms with Crippen molar-refractivity contribution in [3.63, 3.8) is 0 Å². The Kier molecular flexibility index (Phi) is 4.24. The summed E-state index contributed by atoms with van der Waals surface area (Å²) in [6.45, 7) is 2.00. The molecule has 1 aliphatic carbocycles. The van der Waals surface area contributed by atoms with E-state index in [0.717, 1.165) is 29.7 Å². The van der Waals surface area contributed by atoms with Crippen LogP contribution in [-0.2, 0) is 11.2 Å². The lowest BCUT2D eigenvalue weighted by molar-refractivity contribution is -0.121. The minimum atomic E-state index is 0.131. The number of benzene rings is 1. The third-order valence-corrected chi connectivity index (χ3v) is 3.54. The summed E-state index contributed by atoms with van der Waals surface area (Å²) in [6.07, 6.45) is 5.21. The second-order valence-electron chi connectivity index (χ2n) is 5.03. The van der Waals surface area contributed by atoms with Crippen molar-refractivity contribution in [2.24, 2.45) is 0 Å². The van der Waals surface area contributed by atoms with Gasteiger partial charge < -0.3 is 10.1 Å². The maximum absolute atomic E-state index is 11.9. The summed E-state index contributed by atoms with van der Waals surface area (Å²) in [5.41, 5.74) is 2.12. The average Bonchev–Trinajstić information content (AvgIpc) is 2.82. The molecule has 1 aromatic carbocycles. The molecule has 0 spiro atoms. The molecule has 3 heteroatoms. The molecule has 1 aliphatic rings. The molecule has 1 N–H and O–H groups in total. The topological polar surface area (TPSA) is 38.3 Å². The summed E-state index contributed by atoms with van der Waals surface area (Å²) in [6, 6.07) is 6.30. The number of amides is 1. The molecule has 0 radical (unpaired) electrons. The smallest absolute Gasteiger partial charge is 0.224 e. The fourth-order valence-corrected chi connectivity index (χ4v) is 2.58. The molecule has 98 valence electrons. The van der Waals surface area contributed by atoms with Crippen LogP contribution in [0.15, 0.2) is 18.2 Å². The largest absolute Gasteiger partial charge is 0.496 e. The van der Waals surface area contributed by atoms with Crippen LogP contribution >= 0.6 is 0 Å². The first-order valence-corrected chi connectivity index (χ1v) is 6.62. The molecule has 18 heavy (non-hydrogen) atoms. The monoisotopic (exact) mass is 247 g/mol. The van der Waals surface area contributed by atoms with Gasteiger partial charge in [0.1, 0.15) is 5.75 Å². The molecule has 2 rings (SSSR count). The van der Waals surface area contributed by atoms with E-state index in [4.69, 9.17) is 4.74 Å². The number of hydrogen-bond acceptors (Lipinski definition) is 2. The fourth-order valence-electron chi connectivity index (χ4n) is 2.58. The van der Waals surface area contributed by atoms with Crippen LogP contribution in [0.1, 0.15) is 36.8 Å².